The molecule has 76 valence electrons. The van der Waals surface area contributed by atoms with Crippen LogP contribution in [-0.2, 0) is 6.42 Å². The molecule has 0 saturated carbocycles. The Morgan fingerprint density at radius 3 is 2.86 bits per heavy atom. The largest absolute Gasteiger partial charge is 0.332 e. The summed E-state index contributed by atoms with van der Waals surface area (Å²) in [4.78, 5) is 0. The average molecular weight is 209 g/mol. The Morgan fingerprint density at radius 2 is 2.29 bits per heavy atom. The number of nitrogens with one attached hydrogen (secondary N) is 1. The first-order valence-electron chi connectivity index (χ1n) is 4.52. The second kappa shape index (κ2) is 4.93. The summed E-state index contributed by atoms with van der Waals surface area (Å²) in [5.74, 6) is 5.48. The monoisotopic (exact) mass is 209 g/mol. The van der Waals surface area contributed by atoms with Gasteiger partial charge in [0.05, 0.1) is 0 Å². The third kappa shape index (κ3) is 2.97. The minimum Gasteiger partial charge on any atom is -0.332 e. The van der Waals surface area contributed by atoms with Gasteiger partial charge in [-0.1, -0.05) is 19.1 Å². The third-order valence-corrected chi connectivity index (χ3v) is 2.30. The maximum Gasteiger partial charge on any atom is 0.187 e. The smallest absolute Gasteiger partial charge is 0.187 e. The van der Waals surface area contributed by atoms with E-state index in [2.05, 4.69) is 24.4 Å². The molecule has 3 N–H and O–H groups in total. The Bertz CT molecular complexity index is 323. The van der Waals surface area contributed by atoms with E-state index in [9.17, 15) is 0 Å². The number of hydrogen-bond donors (Lipinski definition) is 2. The van der Waals surface area contributed by atoms with Gasteiger partial charge in [0.2, 0.25) is 0 Å². The van der Waals surface area contributed by atoms with Gasteiger partial charge in [0.25, 0.3) is 0 Å². The highest BCUT2D eigenvalue weighted by molar-refractivity contribution is 7.80. The lowest BCUT2D eigenvalue weighted by Crippen LogP contribution is -2.36. The molecule has 0 atom stereocenters. The standard InChI is InChI=1S/C10H15N3S/c1-3-8-5-4-6-9(7-8)12-10(14)13(2)11/h4-7H,3,11H2,1-2H3,(H,12,14). The number of nitrogens with zero attached hydrogens (tertiary/aromatic N) is 1. The molecule has 4 heteroatoms. The summed E-state index contributed by atoms with van der Waals surface area (Å²) < 4.78 is 0. The normalized spacial score (nSPS) is 9.64. The Labute approximate surface area is 89.9 Å². The van der Waals surface area contributed by atoms with Gasteiger partial charge in [0.15, 0.2) is 5.11 Å². The Morgan fingerprint density at radius 1 is 1.57 bits per heavy atom. The first kappa shape index (κ1) is 10.9. The van der Waals surface area contributed by atoms with Crippen LogP contribution in [0, 0.1) is 0 Å². The number of hydrogen-bond acceptors (Lipinski definition) is 2. The van der Waals surface area contributed by atoms with Gasteiger partial charge in [-0.05, 0) is 36.3 Å². The van der Waals surface area contributed by atoms with Crippen molar-refractivity contribution in [1.82, 2.24) is 5.01 Å². The van der Waals surface area contributed by atoms with Crippen LogP contribution in [0.4, 0.5) is 5.69 Å². The van der Waals surface area contributed by atoms with Crippen LogP contribution in [-0.4, -0.2) is 17.2 Å². The van der Waals surface area contributed by atoms with E-state index >= 15 is 0 Å². The number of aryl methyl sites for hydroxylation is 1. The molecule has 0 unspecified atom stereocenters. The molecule has 1 rings (SSSR count). The summed E-state index contributed by atoms with van der Waals surface area (Å²) in [6.07, 6.45) is 1.01. The van der Waals surface area contributed by atoms with Crippen LogP contribution >= 0.6 is 12.2 Å². The lowest BCUT2D eigenvalue weighted by Gasteiger charge is -2.15. The molecule has 14 heavy (non-hydrogen) atoms. The number of rotatable bonds is 2. The summed E-state index contributed by atoms with van der Waals surface area (Å²) in [5.41, 5.74) is 2.25. The lowest BCUT2D eigenvalue weighted by molar-refractivity contribution is 0.548. The highest BCUT2D eigenvalue weighted by Crippen LogP contribution is 2.11. The molecule has 1 aromatic rings. The van der Waals surface area contributed by atoms with Crippen LogP contribution in [0.5, 0.6) is 0 Å². The maximum absolute atomic E-state index is 5.48. The second-order valence-corrected chi connectivity index (χ2v) is 3.48. The topological polar surface area (TPSA) is 41.3 Å². The molecule has 0 amide bonds. The fourth-order valence-electron chi connectivity index (χ4n) is 1.08. The number of anilines is 1. The molecular weight excluding hydrogens is 194 g/mol. The molecule has 0 radical (unpaired) electrons. The van der Waals surface area contributed by atoms with Crippen molar-refractivity contribution in [3.8, 4) is 0 Å². The van der Waals surface area contributed by atoms with E-state index in [1.165, 1.54) is 10.6 Å². The molecule has 0 aromatic heterocycles. The highest BCUT2D eigenvalue weighted by Gasteiger charge is 1.99. The minimum atomic E-state index is 0.512. The van der Waals surface area contributed by atoms with Crippen molar-refractivity contribution in [3.05, 3.63) is 29.8 Å². The number of nitrogens with two attached hydrogens (primary N) is 1. The van der Waals surface area contributed by atoms with E-state index in [0.29, 0.717) is 5.11 Å². The van der Waals surface area contributed by atoms with Gasteiger partial charge in [0, 0.05) is 12.7 Å². The van der Waals surface area contributed by atoms with Gasteiger partial charge in [-0.15, -0.1) is 0 Å². The van der Waals surface area contributed by atoms with Crippen molar-refractivity contribution in [2.45, 2.75) is 13.3 Å². The van der Waals surface area contributed by atoms with Crippen molar-refractivity contribution in [1.29, 1.82) is 0 Å². The first-order valence-corrected chi connectivity index (χ1v) is 4.92. The van der Waals surface area contributed by atoms with E-state index in [-0.39, 0.29) is 0 Å². The van der Waals surface area contributed by atoms with Gasteiger partial charge in [-0.25, -0.2) is 5.84 Å². The van der Waals surface area contributed by atoms with Crippen LogP contribution in [0.25, 0.3) is 0 Å². The maximum atomic E-state index is 5.48. The zero-order valence-electron chi connectivity index (χ0n) is 8.45. The highest BCUT2D eigenvalue weighted by atomic mass is 32.1. The van der Waals surface area contributed by atoms with E-state index < -0.39 is 0 Å². The summed E-state index contributed by atoms with van der Waals surface area (Å²) >= 11 is 5.03. The molecule has 0 saturated heterocycles. The minimum absolute atomic E-state index is 0.512. The Kier molecular flexibility index (Phi) is 3.85. The summed E-state index contributed by atoms with van der Waals surface area (Å²) in [5, 5.41) is 4.94. The van der Waals surface area contributed by atoms with Crippen molar-refractivity contribution in [2.24, 2.45) is 5.84 Å². The average Bonchev–Trinajstić information content (AvgIpc) is 2.18. The zero-order chi connectivity index (χ0) is 10.6. The molecule has 0 fully saturated rings. The SMILES string of the molecule is CCc1cccc(NC(=S)N(C)N)c1. The zero-order valence-corrected chi connectivity index (χ0v) is 9.27. The summed E-state index contributed by atoms with van der Waals surface area (Å²) in [7, 11) is 1.71. The predicted molar refractivity (Wildman–Crippen MR) is 64.0 cm³/mol. The molecule has 0 spiro atoms. The van der Waals surface area contributed by atoms with Crippen LogP contribution in [0.1, 0.15) is 12.5 Å². The van der Waals surface area contributed by atoms with Crippen molar-refractivity contribution in [3.63, 3.8) is 0 Å². The number of benzene rings is 1. The van der Waals surface area contributed by atoms with Crippen LogP contribution in [0.15, 0.2) is 24.3 Å². The van der Waals surface area contributed by atoms with Gasteiger partial charge in [-0.2, -0.15) is 0 Å². The molecule has 0 aliphatic rings. The number of thiocarbonyl (C=S) groups is 1. The second-order valence-electron chi connectivity index (χ2n) is 3.09. The predicted octanol–water partition coefficient (Wildman–Crippen LogP) is 1.75. The molecular formula is C10H15N3S. The Hall–Kier alpha value is -1.13. The first-order chi connectivity index (χ1) is 6.63. The summed E-state index contributed by atoms with van der Waals surface area (Å²) in [6, 6.07) is 8.12. The molecule has 0 aliphatic carbocycles. The van der Waals surface area contributed by atoms with E-state index in [1.54, 1.807) is 7.05 Å². The van der Waals surface area contributed by atoms with Gasteiger partial charge in [0.1, 0.15) is 0 Å². The van der Waals surface area contributed by atoms with Crippen molar-refractivity contribution < 1.29 is 0 Å². The summed E-state index contributed by atoms with van der Waals surface area (Å²) in [6.45, 7) is 2.12. The lowest BCUT2D eigenvalue weighted by atomic mass is 10.1. The van der Waals surface area contributed by atoms with Crippen LogP contribution in [0.2, 0.25) is 0 Å². The van der Waals surface area contributed by atoms with Crippen molar-refractivity contribution in [2.75, 3.05) is 12.4 Å². The molecule has 0 bridgehead atoms. The van der Waals surface area contributed by atoms with Gasteiger partial charge in [-0.3, -0.25) is 5.01 Å². The van der Waals surface area contributed by atoms with Crippen LogP contribution in [0.3, 0.4) is 0 Å². The fourth-order valence-corrected chi connectivity index (χ4v) is 1.20. The number of hydrazine groups is 1. The van der Waals surface area contributed by atoms with E-state index in [1.807, 2.05) is 12.1 Å². The third-order valence-electron chi connectivity index (χ3n) is 1.91. The van der Waals surface area contributed by atoms with Gasteiger partial charge < -0.3 is 5.32 Å². The van der Waals surface area contributed by atoms with Gasteiger partial charge >= 0.3 is 0 Å². The molecule has 3 nitrogen and oxygen atoms in total. The molecule has 0 aliphatic heterocycles. The Balaban J connectivity index is 2.72. The van der Waals surface area contributed by atoms with E-state index in [4.69, 9.17) is 18.1 Å². The quantitative estimate of drug-likeness (QED) is 0.442. The van der Waals surface area contributed by atoms with Crippen molar-refractivity contribution >= 4 is 23.0 Å². The molecule has 1 aromatic carbocycles. The fraction of sp³-hybridized carbons (Fsp3) is 0.300. The van der Waals surface area contributed by atoms with E-state index in [0.717, 1.165) is 12.1 Å². The van der Waals surface area contributed by atoms with Crippen LogP contribution < -0.4 is 11.2 Å². The molecule has 0 heterocycles.